The minimum Gasteiger partial charge on any atom is -0.493 e. The molecular weight excluding hydrogens is 400 g/mol. The number of rotatable bonds is 6. The van der Waals surface area contributed by atoms with Gasteiger partial charge in [-0.25, -0.2) is 4.79 Å². The van der Waals surface area contributed by atoms with Crippen LogP contribution in [0.15, 0.2) is 42.5 Å². The van der Waals surface area contributed by atoms with Gasteiger partial charge in [0.1, 0.15) is 0 Å². The molecule has 0 N–H and O–H groups in total. The second-order valence-corrected chi connectivity index (χ2v) is 7.73. The van der Waals surface area contributed by atoms with Crippen molar-refractivity contribution in [3.05, 3.63) is 63.7 Å². The minimum absolute atomic E-state index is 0.0352. The van der Waals surface area contributed by atoms with Crippen molar-refractivity contribution in [2.45, 2.75) is 51.3 Å². The Morgan fingerprint density at radius 1 is 1.06 bits per heavy atom. The molecule has 2 aromatic rings. The summed E-state index contributed by atoms with van der Waals surface area (Å²) in [5.41, 5.74) is 0.641. The zero-order valence-electron chi connectivity index (χ0n) is 18.2. The molecule has 31 heavy (non-hydrogen) atoms. The first-order valence-electron chi connectivity index (χ1n) is 10.3. The Labute approximate surface area is 181 Å². The first-order chi connectivity index (χ1) is 14.9. The molecule has 0 bridgehead atoms. The van der Waals surface area contributed by atoms with Crippen LogP contribution in [-0.4, -0.2) is 42.2 Å². The van der Waals surface area contributed by atoms with Crippen LogP contribution in [0, 0.1) is 10.1 Å². The molecule has 0 aliphatic carbocycles. The summed E-state index contributed by atoms with van der Waals surface area (Å²) in [5, 5.41) is 11.9. The van der Waals surface area contributed by atoms with Crippen molar-refractivity contribution in [2.24, 2.45) is 0 Å². The monoisotopic (exact) mass is 428 g/mol. The second-order valence-electron chi connectivity index (χ2n) is 7.73. The van der Waals surface area contributed by atoms with Crippen LogP contribution in [0.4, 0.5) is 10.5 Å². The van der Waals surface area contributed by atoms with Gasteiger partial charge in [0.05, 0.1) is 30.8 Å². The molecule has 1 fully saturated rings. The Morgan fingerprint density at radius 2 is 1.65 bits per heavy atom. The molecule has 8 nitrogen and oxygen atoms in total. The van der Waals surface area contributed by atoms with Gasteiger partial charge < -0.3 is 19.1 Å². The number of ether oxygens (including phenoxy) is 3. The minimum atomic E-state index is -0.977. The summed E-state index contributed by atoms with van der Waals surface area (Å²) in [6, 6.07) is 11.9. The van der Waals surface area contributed by atoms with Gasteiger partial charge in [0.25, 0.3) is 5.69 Å². The summed E-state index contributed by atoms with van der Waals surface area (Å²) in [6.07, 6.45) is 1.38. The normalized spacial score (nSPS) is 19.4. The quantitative estimate of drug-likeness (QED) is 0.469. The highest BCUT2D eigenvalue weighted by atomic mass is 16.6. The average Bonchev–Trinajstić information content (AvgIpc) is 2.77. The number of carbonyl (C=O) groups is 1. The third kappa shape index (κ3) is 4.73. The second kappa shape index (κ2) is 9.68. The Bertz CT molecular complexity index is 923. The predicted molar refractivity (Wildman–Crippen MR) is 116 cm³/mol. The fourth-order valence-electron chi connectivity index (χ4n) is 4.13. The molecule has 1 saturated heterocycles. The summed E-state index contributed by atoms with van der Waals surface area (Å²) in [5.74, 6) is 0.550. The number of nitro benzene ring substituents is 1. The zero-order chi connectivity index (χ0) is 22.5. The molecule has 1 aliphatic rings. The maximum atomic E-state index is 13.2. The molecule has 0 radical (unpaired) electrons. The fraction of sp³-hybridized carbons (Fsp3) is 0.435. The highest BCUT2D eigenvalue weighted by molar-refractivity contribution is 5.70. The van der Waals surface area contributed by atoms with E-state index in [-0.39, 0.29) is 29.1 Å². The summed E-state index contributed by atoms with van der Waals surface area (Å²) < 4.78 is 16.5. The van der Waals surface area contributed by atoms with Crippen molar-refractivity contribution in [1.29, 1.82) is 0 Å². The van der Waals surface area contributed by atoms with E-state index in [0.717, 1.165) is 19.3 Å². The molecule has 3 atom stereocenters. The first-order valence-corrected chi connectivity index (χ1v) is 10.3. The third-order valence-electron chi connectivity index (χ3n) is 5.74. The van der Waals surface area contributed by atoms with E-state index >= 15 is 0 Å². The van der Waals surface area contributed by atoms with Crippen molar-refractivity contribution < 1.29 is 23.9 Å². The Kier molecular flexibility index (Phi) is 6.99. The lowest BCUT2D eigenvalue weighted by Gasteiger charge is -2.38. The van der Waals surface area contributed by atoms with E-state index in [1.807, 2.05) is 19.9 Å². The van der Waals surface area contributed by atoms with Gasteiger partial charge in [-0.3, -0.25) is 10.1 Å². The predicted octanol–water partition coefficient (Wildman–Crippen LogP) is 5.10. The molecule has 166 valence electrons. The van der Waals surface area contributed by atoms with E-state index in [4.69, 9.17) is 14.2 Å². The van der Waals surface area contributed by atoms with Crippen molar-refractivity contribution in [2.75, 3.05) is 14.2 Å². The molecule has 3 rings (SSSR count). The van der Waals surface area contributed by atoms with Crippen LogP contribution >= 0.6 is 0 Å². The largest absolute Gasteiger partial charge is 0.493 e. The van der Waals surface area contributed by atoms with Gasteiger partial charge in [0.15, 0.2) is 17.6 Å². The van der Waals surface area contributed by atoms with Crippen molar-refractivity contribution in [1.82, 2.24) is 4.90 Å². The van der Waals surface area contributed by atoms with Crippen LogP contribution in [0.3, 0.4) is 0 Å². The number of hydrogen-bond donors (Lipinski definition) is 0. The third-order valence-corrected chi connectivity index (χ3v) is 5.74. The number of methoxy groups -OCH3 is 2. The van der Waals surface area contributed by atoms with E-state index in [1.165, 1.54) is 26.4 Å². The fourth-order valence-corrected chi connectivity index (χ4v) is 4.13. The van der Waals surface area contributed by atoms with Gasteiger partial charge in [-0.15, -0.1) is 0 Å². The topological polar surface area (TPSA) is 91.1 Å². The number of piperidine rings is 1. The number of nitrogens with zero attached hydrogens (tertiary/aromatic N) is 2. The van der Waals surface area contributed by atoms with Gasteiger partial charge in [0, 0.05) is 12.1 Å². The number of benzene rings is 2. The lowest BCUT2D eigenvalue weighted by molar-refractivity contribution is -0.386. The van der Waals surface area contributed by atoms with E-state index in [0.29, 0.717) is 11.3 Å². The average molecular weight is 428 g/mol. The molecule has 2 aromatic carbocycles. The van der Waals surface area contributed by atoms with E-state index in [9.17, 15) is 14.9 Å². The number of amides is 1. The molecular formula is C23H28N2O6. The van der Waals surface area contributed by atoms with Crippen molar-refractivity contribution in [3.8, 4) is 11.5 Å². The van der Waals surface area contributed by atoms with Crippen LogP contribution < -0.4 is 9.47 Å². The number of carbonyl (C=O) groups excluding carboxylic acids is 1. The van der Waals surface area contributed by atoms with Crippen LogP contribution in [0.25, 0.3) is 0 Å². The standard InChI is InChI=1S/C23H28N2O6/c1-15-9-8-10-16(2)24(15)23(26)31-22(17-11-6-5-7-12-17)18-13-20(29-3)21(30-4)14-19(18)25(27)28/h5-7,11-16,22H,8-10H2,1-4H3. The van der Waals surface area contributed by atoms with Gasteiger partial charge in [0.2, 0.25) is 0 Å². The summed E-state index contributed by atoms with van der Waals surface area (Å²) in [4.78, 5) is 26.3. The van der Waals surface area contributed by atoms with Crippen LogP contribution in [-0.2, 0) is 4.74 Å². The van der Waals surface area contributed by atoms with Gasteiger partial charge in [-0.2, -0.15) is 0 Å². The summed E-state index contributed by atoms with van der Waals surface area (Å²) in [7, 11) is 2.86. The maximum absolute atomic E-state index is 13.2. The van der Waals surface area contributed by atoms with Crippen LogP contribution in [0.2, 0.25) is 0 Å². The van der Waals surface area contributed by atoms with Crippen molar-refractivity contribution >= 4 is 11.8 Å². The molecule has 1 heterocycles. The molecule has 1 aliphatic heterocycles. The smallest absolute Gasteiger partial charge is 0.411 e. The van der Waals surface area contributed by atoms with E-state index < -0.39 is 17.1 Å². The Hall–Kier alpha value is -3.29. The molecule has 0 saturated carbocycles. The molecule has 1 amide bonds. The highest BCUT2D eigenvalue weighted by Crippen LogP contribution is 2.41. The first kappa shape index (κ1) is 22.4. The Morgan fingerprint density at radius 3 is 2.19 bits per heavy atom. The molecule has 8 heteroatoms. The van der Waals surface area contributed by atoms with Crippen molar-refractivity contribution in [3.63, 3.8) is 0 Å². The zero-order valence-corrected chi connectivity index (χ0v) is 18.2. The van der Waals surface area contributed by atoms with Gasteiger partial charge in [-0.1, -0.05) is 30.3 Å². The number of likely N-dealkylation sites (tertiary alicyclic amines) is 1. The van der Waals surface area contributed by atoms with Gasteiger partial charge in [-0.05, 0) is 44.7 Å². The molecule has 3 unspecified atom stereocenters. The van der Waals surface area contributed by atoms with Crippen LogP contribution in [0.1, 0.15) is 50.3 Å². The summed E-state index contributed by atoms with van der Waals surface area (Å²) in [6.45, 7) is 3.99. The summed E-state index contributed by atoms with van der Waals surface area (Å²) >= 11 is 0. The van der Waals surface area contributed by atoms with E-state index in [2.05, 4.69) is 0 Å². The van der Waals surface area contributed by atoms with Crippen LogP contribution in [0.5, 0.6) is 11.5 Å². The lowest BCUT2D eigenvalue weighted by atomic mass is 9.97. The highest BCUT2D eigenvalue weighted by Gasteiger charge is 2.35. The molecule has 0 spiro atoms. The number of nitro groups is 1. The lowest BCUT2D eigenvalue weighted by Crippen LogP contribution is -2.48. The molecule has 0 aromatic heterocycles. The van der Waals surface area contributed by atoms with Gasteiger partial charge >= 0.3 is 6.09 Å². The Balaban J connectivity index is 2.08. The van der Waals surface area contributed by atoms with E-state index in [1.54, 1.807) is 29.2 Å². The SMILES string of the molecule is COc1cc(C(OC(=O)N2C(C)CCCC2C)c2ccccc2)c([N+](=O)[O-])cc1OC. The number of hydrogen-bond acceptors (Lipinski definition) is 6. The maximum Gasteiger partial charge on any atom is 0.411 e.